The van der Waals surface area contributed by atoms with E-state index in [0.717, 1.165) is 5.56 Å². The van der Waals surface area contributed by atoms with Gasteiger partial charge in [-0.3, -0.25) is 10.1 Å². The molecule has 0 atom stereocenters. The molecule has 1 amide bonds. The van der Waals surface area contributed by atoms with Crippen LogP contribution in [0.1, 0.15) is 15.9 Å². The highest BCUT2D eigenvalue weighted by molar-refractivity contribution is 5.83. The minimum absolute atomic E-state index is 0.194. The first-order valence-electron chi connectivity index (χ1n) is 5.67. The Bertz CT molecular complexity index is 553. The molecular formula is C14H12N2O3. The Morgan fingerprint density at radius 1 is 1.21 bits per heavy atom. The average molecular weight is 256 g/mol. The van der Waals surface area contributed by atoms with Crippen molar-refractivity contribution in [1.29, 1.82) is 0 Å². The number of carbonyl (C=O) groups is 2. The predicted molar refractivity (Wildman–Crippen MR) is 69.9 cm³/mol. The first-order chi connectivity index (χ1) is 9.28. The fraction of sp³-hybridized carbons (Fsp3) is 0.0714. The minimum atomic E-state index is -0.588. The Balaban J connectivity index is 1.85. The zero-order valence-corrected chi connectivity index (χ0v) is 10.1. The summed E-state index contributed by atoms with van der Waals surface area (Å²) in [6.07, 6.45) is 1.47. The highest BCUT2D eigenvalue weighted by atomic mass is 16.5. The van der Waals surface area contributed by atoms with Gasteiger partial charge in [0.1, 0.15) is 12.4 Å². The summed E-state index contributed by atoms with van der Waals surface area (Å²) in [6, 6.07) is 12.5. The van der Waals surface area contributed by atoms with Crippen molar-refractivity contribution in [3.63, 3.8) is 0 Å². The molecule has 1 aromatic carbocycles. The van der Waals surface area contributed by atoms with Crippen LogP contribution in [0.3, 0.4) is 0 Å². The minimum Gasteiger partial charge on any atom is -0.444 e. The Morgan fingerprint density at radius 2 is 2.00 bits per heavy atom. The van der Waals surface area contributed by atoms with Crippen molar-refractivity contribution < 1.29 is 14.3 Å². The van der Waals surface area contributed by atoms with E-state index in [1.807, 2.05) is 30.3 Å². The maximum Gasteiger partial charge on any atom is 0.413 e. The largest absolute Gasteiger partial charge is 0.444 e. The Labute approximate surface area is 110 Å². The first kappa shape index (κ1) is 12.8. The maximum absolute atomic E-state index is 11.5. The molecule has 19 heavy (non-hydrogen) atoms. The van der Waals surface area contributed by atoms with Crippen molar-refractivity contribution in [1.82, 2.24) is 4.98 Å². The molecule has 0 aliphatic carbocycles. The van der Waals surface area contributed by atoms with Gasteiger partial charge in [0.2, 0.25) is 0 Å². The van der Waals surface area contributed by atoms with Crippen LogP contribution < -0.4 is 5.32 Å². The molecule has 2 aromatic rings. The highest BCUT2D eigenvalue weighted by Crippen LogP contribution is 2.05. The smallest absolute Gasteiger partial charge is 0.413 e. The maximum atomic E-state index is 11.5. The molecule has 0 bridgehead atoms. The molecule has 0 saturated heterocycles. The van der Waals surface area contributed by atoms with Crippen LogP contribution in [-0.2, 0) is 11.3 Å². The van der Waals surface area contributed by atoms with Crippen LogP contribution in [0.25, 0.3) is 0 Å². The second-order valence-electron chi connectivity index (χ2n) is 3.78. The summed E-state index contributed by atoms with van der Waals surface area (Å²) < 4.78 is 5.03. The SMILES string of the molecule is O=Cc1ccc(NC(=O)OCc2ccccc2)nc1. The van der Waals surface area contributed by atoms with Crippen LogP contribution in [0.5, 0.6) is 0 Å². The lowest BCUT2D eigenvalue weighted by Crippen LogP contribution is -2.14. The molecule has 0 unspecified atom stereocenters. The molecular weight excluding hydrogens is 244 g/mol. The van der Waals surface area contributed by atoms with Crippen molar-refractivity contribution in [3.05, 3.63) is 59.8 Å². The number of benzene rings is 1. The monoisotopic (exact) mass is 256 g/mol. The Kier molecular flexibility index (Phi) is 4.23. The topological polar surface area (TPSA) is 68.3 Å². The van der Waals surface area contributed by atoms with Gasteiger partial charge in [-0.2, -0.15) is 0 Å². The summed E-state index contributed by atoms with van der Waals surface area (Å²) in [5.41, 5.74) is 1.35. The van der Waals surface area contributed by atoms with Gasteiger partial charge in [0.25, 0.3) is 0 Å². The Hall–Kier alpha value is -2.69. The summed E-state index contributed by atoms with van der Waals surface area (Å²) in [7, 11) is 0. The average Bonchev–Trinajstić information content (AvgIpc) is 2.47. The zero-order chi connectivity index (χ0) is 13.5. The van der Waals surface area contributed by atoms with Crippen LogP contribution in [0.15, 0.2) is 48.7 Å². The van der Waals surface area contributed by atoms with Crippen LogP contribution in [0.4, 0.5) is 10.6 Å². The number of aldehydes is 1. The molecule has 5 nitrogen and oxygen atoms in total. The van der Waals surface area contributed by atoms with Gasteiger partial charge in [-0.1, -0.05) is 30.3 Å². The van der Waals surface area contributed by atoms with Gasteiger partial charge < -0.3 is 4.74 Å². The lowest BCUT2D eigenvalue weighted by atomic mass is 10.2. The van der Waals surface area contributed by atoms with Gasteiger partial charge in [0.05, 0.1) is 0 Å². The van der Waals surface area contributed by atoms with Crippen LogP contribution in [0, 0.1) is 0 Å². The van der Waals surface area contributed by atoms with E-state index in [1.54, 1.807) is 6.07 Å². The fourth-order valence-corrected chi connectivity index (χ4v) is 1.41. The van der Waals surface area contributed by atoms with Crippen molar-refractivity contribution in [3.8, 4) is 0 Å². The number of pyridine rings is 1. The molecule has 0 radical (unpaired) electrons. The van der Waals surface area contributed by atoms with Crippen LogP contribution in [-0.4, -0.2) is 17.4 Å². The normalized spacial score (nSPS) is 9.68. The van der Waals surface area contributed by atoms with E-state index in [1.165, 1.54) is 12.3 Å². The molecule has 1 N–H and O–H groups in total. The summed E-state index contributed by atoms with van der Waals surface area (Å²) in [6.45, 7) is 0.194. The molecule has 1 heterocycles. The predicted octanol–water partition coefficient (Wildman–Crippen LogP) is 2.64. The Morgan fingerprint density at radius 3 is 2.63 bits per heavy atom. The molecule has 0 fully saturated rings. The highest BCUT2D eigenvalue weighted by Gasteiger charge is 2.04. The van der Waals surface area contributed by atoms with E-state index in [9.17, 15) is 9.59 Å². The van der Waals surface area contributed by atoms with Crippen molar-refractivity contribution in [2.75, 3.05) is 5.32 Å². The number of carbonyl (C=O) groups excluding carboxylic acids is 2. The van der Waals surface area contributed by atoms with E-state index in [4.69, 9.17) is 4.74 Å². The number of ether oxygens (including phenoxy) is 1. The zero-order valence-electron chi connectivity index (χ0n) is 10.1. The summed E-state index contributed by atoms with van der Waals surface area (Å²) in [5.74, 6) is 0.337. The molecule has 2 rings (SSSR count). The molecule has 0 saturated carbocycles. The first-order valence-corrected chi connectivity index (χ1v) is 5.67. The quantitative estimate of drug-likeness (QED) is 0.854. The number of nitrogens with zero attached hydrogens (tertiary/aromatic N) is 1. The molecule has 0 aliphatic rings. The van der Waals surface area contributed by atoms with E-state index in [0.29, 0.717) is 17.7 Å². The third kappa shape index (κ3) is 3.92. The van der Waals surface area contributed by atoms with Gasteiger partial charge in [-0.25, -0.2) is 9.78 Å². The van der Waals surface area contributed by atoms with Crippen LogP contribution in [0.2, 0.25) is 0 Å². The standard InChI is InChI=1S/C14H12N2O3/c17-9-12-6-7-13(15-8-12)16-14(18)19-10-11-4-2-1-3-5-11/h1-9H,10H2,(H,15,16,18). The summed E-state index contributed by atoms with van der Waals surface area (Å²) in [4.78, 5) is 25.8. The van der Waals surface area contributed by atoms with Crippen LogP contribution >= 0.6 is 0 Å². The van der Waals surface area contributed by atoms with Gasteiger partial charge in [0.15, 0.2) is 6.29 Å². The van der Waals surface area contributed by atoms with E-state index >= 15 is 0 Å². The number of hydrogen-bond acceptors (Lipinski definition) is 4. The van der Waals surface area contributed by atoms with Crippen molar-refractivity contribution >= 4 is 18.2 Å². The number of hydrogen-bond donors (Lipinski definition) is 1. The summed E-state index contributed by atoms with van der Waals surface area (Å²) >= 11 is 0. The number of rotatable bonds is 4. The number of aromatic nitrogens is 1. The van der Waals surface area contributed by atoms with Gasteiger partial charge >= 0.3 is 6.09 Å². The van der Waals surface area contributed by atoms with E-state index in [-0.39, 0.29) is 6.61 Å². The number of amides is 1. The van der Waals surface area contributed by atoms with Crippen molar-refractivity contribution in [2.45, 2.75) is 6.61 Å². The molecule has 0 aliphatic heterocycles. The molecule has 1 aromatic heterocycles. The third-order valence-electron chi connectivity index (χ3n) is 2.37. The van der Waals surface area contributed by atoms with E-state index < -0.39 is 6.09 Å². The molecule has 5 heteroatoms. The van der Waals surface area contributed by atoms with Crippen molar-refractivity contribution in [2.24, 2.45) is 0 Å². The van der Waals surface area contributed by atoms with Gasteiger partial charge in [0, 0.05) is 11.8 Å². The molecule has 0 spiro atoms. The van der Waals surface area contributed by atoms with Gasteiger partial charge in [-0.15, -0.1) is 0 Å². The van der Waals surface area contributed by atoms with E-state index in [2.05, 4.69) is 10.3 Å². The number of nitrogens with one attached hydrogen (secondary N) is 1. The number of anilines is 1. The fourth-order valence-electron chi connectivity index (χ4n) is 1.41. The lowest BCUT2D eigenvalue weighted by Gasteiger charge is -2.06. The lowest BCUT2D eigenvalue weighted by molar-refractivity contribution is 0.112. The second kappa shape index (κ2) is 6.30. The third-order valence-corrected chi connectivity index (χ3v) is 2.37. The summed E-state index contributed by atoms with van der Waals surface area (Å²) in [5, 5.41) is 2.48. The van der Waals surface area contributed by atoms with Gasteiger partial charge in [-0.05, 0) is 17.7 Å². The molecule has 96 valence electrons. The second-order valence-corrected chi connectivity index (χ2v) is 3.78.